The summed E-state index contributed by atoms with van der Waals surface area (Å²) in [4.78, 5) is 21.0. The number of pyridine rings is 1. The molecule has 1 amide bonds. The molecular weight excluding hydrogens is 475 g/mol. The Morgan fingerprint density at radius 1 is 1.27 bits per heavy atom. The molecule has 10 nitrogen and oxygen atoms in total. The Hall–Kier alpha value is -3.86. The minimum atomic E-state index is -0.529. The van der Waals surface area contributed by atoms with Crippen LogP contribution in [0.4, 0.5) is 10.2 Å². The molecule has 194 valence electrons. The van der Waals surface area contributed by atoms with Crippen LogP contribution in [-0.4, -0.2) is 49.9 Å². The van der Waals surface area contributed by atoms with E-state index < -0.39 is 11.7 Å². The molecule has 1 saturated heterocycles. The summed E-state index contributed by atoms with van der Waals surface area (Å²) in [6, 6.07) is 7.34. The Balaban J connectivity index is 1.34. The van der Waals surface area contributed by atoms with Crippen LogP contribution < -0.4 is 16.0 Å². The SMILES string of the molecule is C[C@H]1NCCC[C@H]1Nc1n[nH]c2nccc(-c3ccc(CNC(=O)c4noc(C(C)(C)C)n4)c(F)c3)c12. The Bertz CT molecular complexity index is 1420. The fourth-order valence-corrected chi connectivity index (χ4v) is 4.45. The van der Waals surface area contributed by atoms with Gasteiger partial charge in [0.1, 0.15) is 5.82 Å². The fourth-order valence-electron chi connectivity index (χ4n) is 4.45. The van der Waals surface area contributed by atoms with E-state index in [-0.39, 0.29) is 23.8 Å². The highest BCUT2D eigenvalue weighted by Gasteiger charge is 2.25. The van der Waals surface area contributed by atoms with E-state index >= 15 is 4.39 Å². The van der Waals surface area contributed by atoms with Gasteiger partial charge in [0.25, 0.3) is 11.7 Å². The normalized spacial score (nSPS) is 18.2. The number of halogens is 1. The van der Waals surface area contributed by atoms with Crippen LogP contribution in [-0.2, 0) is 12.0 Å². The summed E-state index contributed by atoms with van der Waals surface area (Å²) in [5.74, 6) is 0.0152. The van der Waals surface area contributed by atoms with Crippen LogP contribution >= 0.6 is 0 Å². The van der Waals surface area contributed by atoms with E-state index in [1.807, 2.05) is 32.9 Å². The number of nitrogens with one attached hydrogen (secondary N) is 4. The van der Waals surface area contributed by atoms with Crippen LogP contribution in [0, 0.1) is 5.82 Å². The number of hydrogen-bond donors (Lipinski definition) is 4. The van der Waals surface area contributed by atoms with Crippen molar-refractivity contribution in [2.24, 2.45) is 0 Å². The molecule has 0 bridgehead atoms. The van der Waals surface area contributed by atoms with Crippen molar-refractivity contribution in [2.75, 3.05) is 11.9 Å². The summed E-state index contributed by atoms with van der Waals surface area (Å²) < 4.78 is 20.3. The van der Waals surface area contributed by atoms with Gasteiger partial charge in [0, 0.05) is 35.8 Å². The van der Waals surface area contributed by atoms with Gasteiger partial charge in [0.15, 0.2) is 11.5 Å². The molecule has 0 spiro atoms. The standard InChI is InChI=1S/C26H31FN8O2/c1-14-19(6-5-10-28-14)31-22-20-17(9-11-29-21(20)33-34-22)15-7-8-16(18(27)12-15)13-30-24(36)23-32-25(37-35-23)26(2,3)4/h7-9,11-12,14,19,28H,5-6,10,13H2,1-4H3,(H,30,36)(H2,29,31,33,34)/t14-,19-/m1/s1. The molecule has 37 heavy (non-hydrogen) atoms. The van der Waals surface area contributed by atoms with Gasteiger partial charge >= 0.3 is 0 Å². The van der Waals surface area contributed by atoms with Gasteiger partial charge in [-0.05, 0) is 49.6 Å². The van der Waals surface area contributed by atoms with Crippen molar-refractivity contribution in [1.29, 1.82) is 0 Å². The van der Waals surface area contributed by atoms with Gasteiger partial charge in [-0.3, -0.25) is 9.89 Å². The summed E-state index contributed by atoms with van der Waals surface area (Å²) in [6.07, 6.45) is 3.80. The lowest BCUT2D eigenvalue weighted by atomic mass is 9.97. The number of carbonyl (C=O) groups excluding carboxylic acids is 1. The lowest BCUT2D eigenvalue weighted by Crippen LogP contribution is -2.46. The number of piperidine rings is 1. The molecule has 1 aliphatic heterocycles. The number of H-pyrrole nitrogens is 1. The van der Waals surface area contributed by atoms with Crippen LogP contribution in [0.5, 0.6) is 0 Å². The maximum Gasteiger partial charge on any atom is 0.292 e. The molecule has 1 aliphatic rings. The number of nitrogens with zero attached hydrogens (tertiary/aromatic N) is 4. The Kier molecular flexibility index (Phi) is 6.63. The van der Waals surface area contributed by atoms with Crippen LogP contribution in [0.2, 0.25) is 0 Å². The average Bonchev–Trinajstić information content (AvgIpc) is 3.53. The van der Waals surface area contributed by atoms with Crippen molar-refractivity contribution in [1.82, 2.24) is 36.0 Å². The second-order valence-electron chi connectivity index (χ2n) is 10.5. The number of carbonyl (C=O) groups is 1. The number of aromatic amines is 1. The van der Waals surface area contributed by atoms with Crippen LogP contribution in [0.3, 0.4) is 0 Å². The molecule has 0 radical (unpaired) electrons. The van der Waals surface area contributed by atoms with E-state index in [0.29, 0.717) is 34.5 Å². The third kappa shape index (κ3) is 5.17. The summed E-state index contributed by atoms with van der Waals surface area (Å²) in [6.45, 7) is 8.87. The molecule has 5 rings (SSSR count). The first-order valence-electron chi connectivity index (χ1n) is 12.4. The number of hydrogen-bond acceptors (Lipinski definition) is 8. The first-order valence-corrected chi connectivity index (χ1v) is 12.4. The third-order valence-electron chi connectivity index (χ3n) is 6.62. The highest BCUT2D eigenvalue weighted by molar-refractivity contribution is 6.00. The largest absolute Gasteiger partial charge is 0.364 e. The monoisotopic (exact) mass is 506 g/mol. The van der Waals surface area contributed by atoms with Gasteiger partial charge < -0.3 is 20.5 Å². The highest BCUT2D eigenvalue weighted by atomic mass is 19.1. The molecule has 4 N–H and O–H groups in total. The van der Waals surface area contributed by atoms with E-state index in [0.717, 1.165) is 30.3 Å². The molecule has 0 saturated carbocycles. The minimum absolute atomic E-state index is 0.0127. The van der Waals surface area contributed by atoms with Crippen molar-refractivity contribution in [3.63, 3.8) is 0 Å². The van der Waals surface area contributed by atoms with E-state index in [4.69, 9.17) is 4.52 Å². The molecule has 4 aromatic rings. The Labute approximate surface area is 213 Å². The number of rotatable bonds is 6. The second kappa shape index (κ2) is 9.89. The van der Waals surface area contributed by atoms with E-state index in [2.05, 4.69) is 48.2 Å². The van der Waals surface area contributed by atoms with Gasteiger partial charge in [0.05, 0.1) is 5.39 Å². The quantitative estimate of drug-likeness (QED) is 0.309. The van der Waals surface area contributed by atoms with Crippen LogP contribution in [0.1, 0.15) is 62.6 Å². The zero-order valence-electron chi connectivity index (χ0n) is 21.4. The molecule has 3 aromatic heterocycles. The van der Waals surface area contributed by atoms with E-state index in [9.17, 15) is 4.79 Å². The lowest BCUT2D eigenvalue weighted by molar-refractivity contribution is 0.0937. The maximum atomic E-state index is 15.1. The number of anilines is 1. The van der Waals surface area contributed by atoms with Gasteiger partial charge in [-0.15, -0.1) is 0 Å². The van der Waals surface area contributed by atoms with Gasteiger partial charge in [-0.2, -0.15) is 10.1 Å². The number of fused-ring (bicyclic) bond motifs is 1. The van der Waals surface area contributed by atoms with Crippen LogP contribution in [0.25, 0.3) is 22.2 Å². The molecule has 1 fully saturated rings. The molecule has 1 aromatic carbocycles. The Morgan fingerprint density at radius 3 is 2.84 bits per heavy atom. The molecule has 4 heterocycles. The topological polar surface area (TPSA) is 134 Å². The van der Waals surface area contributed by atoms with Gasteiger partial charge in [-0.25, -0.2) is 9.37 Å². The van der Waals surface area contributed by atoms with Crippen molar-refractivity contribution < 1.29 is 13.7 Å². The second-order valence-corrected chi connectivity index (χ2v) is 10.5. The van der Waals surface area contributed by atoms with Crippen molar-refractivity contribution in [3.05, 3.63) is 53.6 Å². The lowest BCUT2D eigenvalue weighted by Gasteiger charge is -2.30. The smallest absolute Gasteiger partial charge is 0.292 e. The van der Waals surface area contributed by atoms with Crippen molar-refractivity contribution in [2.45, 2.75) is 64.6 Å². The van der Waals surface area contributed by atoms with Crippen LogP contribution in [0.15, 0.2) is 35.0 Å². The minimum Gasteiger partial charge on any atom is -0.364 e. The summed E-state index contributed by atoms with van der Waals surface area (Å²) in [7, 11) is 0. The number of amides is 1. The van der Waals surface area contributed by atoms with Gasteiger partial charge in [-0.1, -0.05) is 38.1 Å². The predicted octanol–water partition coefficient (Wildman–Crippen LogP) is 3.93. The number of aromatic nitrogens is 5. The molecular formula is C26H31FN8O2. The van der Waals surface area contributed by atoms with Crippen molar-refractivity contribution >= 4 is 22.8 Å². The number of benzene rings is 1. The predicted molar refractivity (Wildman–Crippen MR) is 138 cm³/mol. The Morgan fingerprint density at radius 2 is 2.11 bits per heavy atom. The summed E-state index contributed by atoms with van der Waals surface area (Å²) in [5, 5.41) is 21.7. The molecule has 11 heteroatoms. The summed E-state index contributed by atoms with van der Waals surface area (Å²) in [5.41, 5.74) is 2.10. The zero-order chi connectivity index (χ0) is 26.2. The first kappa shape index (κ1) is 24.8. The molecule has 0 aliphatic carbocycles. The summed E-state index contributed by atoms with van der Waals surface area (Å²) >= 11 is 0. The zero-order valence-corrected chi connectivity index (χ0v) is 21.4. The van der Waals surface area contributed by atoms with Crippen molar-refractivity contribution in [3.8, 4) is 11.1 Å². The van der Waals surface area contributed by atoms with E-state index in [1.54, 1.807) is 12.3 Å². The molecule has 2 atom stereocenters. The maximum absolute atomic E-state index is 15.1. The molecule has 0 unspecified atom stereocenters. The average molecular weight is 507 g/mol. The van der Waals surface area contributed by atoms with Gasteiger partial charge in [0.2, 0.25) is 5.89 Å². The fraction of sp³-hybridized carbons (Fsp3) is 0.423. The third-order valence-corrected chi connectivity index (χ3v) is 6.62. The highest BCUT2D eigenvalue weighted by Crippen LogP contribution is 2.33. The van der Waals surface area contributed by atoms with E-state index in [1.165, 1.54) is 6.07 Å². The first-order chi connectivity index (χ1) is 17.7.